The molecule has 0 bridgehead atoms. The van der Waals surface area contributed by atoms with E-state index in [1.54, 1.807) is 14.0 Å². The minimum Gasteiger partial charge on any atom is -0.436 e. The number of hydrogen-bond acceptors (Lipinski definition) is 5. The van der Waals surface area contributed by atoms with E-state index in [4.69, 9.17) is 13.3 Å². The summed E-state index contributed by atoms with van der Waals surface area (Å²) in [6.45, 7) is 13.3. The predicted molar refractivity (Wildman–Crippen MR) is 94.8 cm³/mol. The average molecular weight is 353 g/mol. The topological polar surface area (TPSA) is 68.2 Å². The predicted octanol–water partition coefficient (Wildman–Crippen LogP) is 2.73. The number of hydrogen-bond donors (Lipinski definition) is 2. The van der Waals surface area contributed by atoms with Crippen molar-refractivity contribution in [2.24, 2.45) is 5.92 Å². The minimum atomic E-state index is -2.20. The SMILES string of the molecule is CO[Si](CCCOCC(O)C(C)O)(CC(C)C)O[Si](C)(C)C. The fraction of sp³-hybridized carbons (Fsp3) is 1.00. The van der Waals surface area contributed by atoms with Crippen molar-refractivity contribution in [3.63, 3.8) is 0 Å². The molecular formula is C15H36O5Si2. The molecule has 0 aromatic heterocycles. The molecule has 0 heterocycles. The van der Waals surface area contributed by atoms with Gasteiger partial charge in [0.15, 0.2) is 8.32 Å². The van der Waals surface area contributed by atoms with Gasteiger partial charge < -0.3 is 23.5 Å². The van der Waals surface area contributed by atoms with Gasteiger partial charge in [0, 0.05) is 13.7 Å². The van der Waals surface area contributed by atoms with Crippen molar-refractivity contribution in [2.45, 2.75) is 71.1 Å². The van der Waals surface area contributed by atoms with Gasteiger partial charge in [0.25, 0.3) is 0 Å². The van der Waals surface area contributed by atoms with Crippen LogP contribution in [0, 0.1) is 5.92 Å². The maximum absolute atomic E-state index is 9.49. The van der Waals surface area contributed by atoms with E-state index < -0.39 is 29.1 Å². The summed E-state index contributed by atoms with van der Waals surface area (Å²) in [5, 5.41) is 18.7. The second kappa shape index (κ2) is 10.2. The first kappa shape index (κ1) is 22.2. The molecular weight excluding hydrogens is 316 g/mol. The van der Waals surface area contributed by atoms with Gasteiger partial charge in [-0.25, -0.2) is 0 Å². The van der Waals surface area contributed by atoms with Gasteiger partial charge >= 0.3 is 8.56 Å². The summed E-state index contributed by atoms with van der Waals surface area (Å²) < 4.78 is 17.8. The quantitative estimate of drug-likeness (QED) is 0.417. The lowest BCUT2D eigenvalue weighted by molar-refractivity contribution is -0.0303. The van der Waals surface area contributed by atoms with Gasteiger partial charge in [0.2, 0.25) is 0 Å². The van der Waals surface area contributed by atoms with E-state index in [9.17, 15) is 10.2 Å². The van der Waals surface area contributed by atoms with Gasteiger partial charge in [-0.1, -0.05) is 13.8 Å². The lowest BCUT2D eigenvalue weighted by Crippen LogP contribution is -2.49. The van der Waals surface area contributed by atoms with E-state index in [0.717, 1.165) is 18.5 Å². The van der Waals surface area contributed by atoms with Crippen LogP contribution in [0.15, 0.2) is 0 Å². The third kappa shape index (κ3) is 10.1. The smallest absolute Gasteiger partial charge is 0.327 e. The summed E-state index contributed by atoms with van der Waals surface area (Å²) in [5.74, 6) is 0.543. The van der Waals surface area contributed by atoms with Crippen molar-refractivity contribution in [1.82, 2.24) is 0 Å². The Hall–Kier alpha value is 0.234. The maximum Gasteiger partial charge on any atom is 0.327 e. The highest BCUT2D eigenvalue weighted by Gasteiger charge is 2.40. The molecule has 0 radical (unpaired) electrons. The van der Waals surface area contributed by atoms with Crippen LogP contribution in [0.25, 0.3) is 0 Å². The van der Waals surface area contributed by atoms with Gasteiger partial charge in [-0.05, 0) is 51.0 Å². The molecule has 7 heteroatoms. The molecule has 2 N–H and O–H groups in total. The van der Waals surface area contributed by atoms with Gasteiger partial charge in [-0.3, -0.25) is 0 Å². The van der Waals surface area contributed by atoms with Crippen LogP contribution < -0.4 is 0 Å². The maximum atomic E-state index is 9.49. The molecule has 0 saturated heterocycles. The molecule has 0 fully saturated rings. The Kier molecular flexibility index (Phi) is 10.3. The van der Waals surface area contributed by atoms with E-state index in [1.165, 1.54) is 0 Å². The minimum absolute atomic E-state index is 0.165. The second-order valence-corrected chi connectivity index (χ2v) is 15.6. The van der Waals surface area contributed by atoms with E-state index in [1.807, 2.05) is 0 Å². The third-order valence-corrected chi connectivity index (χ3v) is 10.5. The molecule has 0 spiro atoms. The molecule has 3 atom stereocenters. The summed E-state index contributed by atoms with van der Waals surface area (Å²) in [7, 11) is -2.09. The van der Waals surface area contributed by atoms with Crippen LogP contribution in [0.4, 0.5) is 0 Å². The van der Waals surface area contributed by atoms with Crippen molar-refractivity contribution in [1.29, 1.82) is 0 Å². The van der Waals surface area contributed by atoms with Crippen LogP contribution in [0.5, 0.6) is 0 Å². The van der Waals surface area contributed by atoms with Gasteiger partial charge in [-0.15, -0.1) is 0 Å². The molecule has 0 aliphatic carbocycles. The monoisotopic (exact) mass is 352 g/mol. The molecule has 0 saturated carbocycles. The highest BCUT2D eigenvalue weighted by Crippen LogP contribution is 2.28. The average Bonchev–Trinajstić information content (AvgIpc) is 2.35. The Morgan fingerprint density at radius 1 is 1.05 bits per heavy atom. The molecule has 3 unspecified atom stereocenters. The van der Waals surface area contributed by atoms with E-state index in [2.05, 4.69) is 33.5 Å². The number of rotatable bonds is 12. The molecule has 0 amide bonds. The molecule has 0 aliphatic rings. The normalized spacial score (nSPS) is 18.3. The first-order chi connectivity index (χ1) is 10.0. The Morgan fingerprint density at radius 2 is 1.64 bits per heavy atom. The Bertz CT molecular complexity index is 294. The molecule has 22 heavy (non-hydrogen) atoms. The number of aliphatic hydroxyl groups is 2. The van der Waals surface area contributed by atoms with Crippen LogP contribution in [-0.2, 0) is 13.3 Å². The lowest BCUT2D eigenvalue weighted by atomic mass is 10.2. The summed E-state index contributed by atoms with van der Waals surface area (Å²) in [6.07, 6.45) is -0.731. The number of ether oxygens (including phenoxy) is 1. The summed E-state index contributed by atoms with van der Waals surface area (Å²) in [4.78, 5) is 0. The molecule has 0 aliphatic heterocycles. The van der Waals surface area contributed by atoms with Crippen LogP contribution >= 0.6 is 0 Å². The summed E-state index contributed by atoms with van der Waals surface area (Å²) in [5.41, 5.74) is 0. The van der Waals surface area contributed by atoms with Crippen molar-refractivity contribution < 1.29 is 23.5 Å². The highest BCUT2D eigenvalue weighted by atomic mass is 28.4. The number of aliphatic hydroxyl groups excluding tert-OH is 2. The lowest BCUT2D eigenvalue weighted by Gasteiger charge is -2.36. The first-order valence-electron chi connectivity index (χ1n) is 8.20. The Labute approximate surface area is 138 Å². The second-order valence-electron chi connectivity index (χ2n) is 7.41. The Morgan fingerprint density at radius 3 is 2.05 bits per heavy atom. The van der Waals surface area contributed by atoms with Crippen molar-refractivity contribution >= 4 is 16.9 Å². The van der Waals surface area contributed by atoms with Crippen LogP contribution in [0.1, 0.15) is 27.2 Å². The fourth-order valence-corrected chi connectivity index (χ4v) is 10.4. The zero-order chi connectivity index (χ0) is 17.4. The molecule has 5 nitrogen and oxygen atoms in total. The summed E-state index contributed by atoms with van der Waals surface area (Å²) in [6, 6.07) is 1.89. The van der Waals surface area contributed by atoms with Crippen molar-refractivity contribution in [3.8, 4) is 0 Å². The standard InChI is InChI=1S/C15H36O5Si2/c1-13(2)12-22(18-4,20-21(5,6)7)10-8-9-19-11-15(17)14(3)16/h13-17H,8-12H2,1-7H3. The van der Waals surface area contributed by atoms with Crippen molar-refractivity contribution in [2.75, 3.05) is 20.3 Å². The van der Waals surface area contributed by atoms with Gasteiger partial charge in [-0.2, -0.15) is 0 Å². The highest BCUT2D eigenvalue weighted by molar-refractivity contribution is 6.82. The fourth-order valence-electron chi connectivity index (χ4n) is 2.39. The largest absolute Gasteiger partial charge is 0.436 e. The first-order valence-corrected chi connectivity index (χ1v) is 13.8. The van der Waals surface area contributed by atoms with Crippen molar-refractivity contribution in [3.05, 3.63) is 0 Å². The van der Waals surface area contributed by atoms with E-state index in [-0.39, 0.29) is 6.61 Å². The van der Waals surface area contributed by atoms with E-state index >= 15 is 0 Å². The Balaban J connectivity index is 4.40. The molecule has 0 rings (SSSR count). The zero-order valence-corrected chi connectivity index (χ0v) is 17.4. The van der Waals surface area contributed by atoms with Crippen LogP contribution in [-0.4, -0.2) is 59.6 Å². The molecule has 134 valence electrons. The molecule has 0 aromatic carbocycles. The van der Waals surface area contributed by atoms with E-state index in [0.29, 0.717) is 12.5 Å². The van der Waals surface area contributed by atoms with Crippen LogP contribution in [0.3, 0.4) is 0 Å². The third-order valence-electron chi connectivity index (χ3n) is 3.28. The summed E-state index contributed by atoms with van der Waals surface area (Å²) >= 11 is 0. The van der Waals surface area contributed by atoms with Crippen LogP contribution in [0.2, 0.25) is 31.7 Å². The zero-order valence-electron chi connectivity index (χ0n) is 15.4. The van der Waals surface area contributed by atoms with Gasteiger partial charge in [0.1, 0.15) is 6.10 Å². The molecule has 0 aromatic rings. The van der Waals surface area contributed by atoms with Gasteiger partial charge in [0.05, 0.1) is 12.7 Å².